The van der Waals surface area contributed by atoms with Crippen molar-refractivity contribution in [2.45, 2.75) is 24.9 Å². The molecule has 2 aromatic heterocycles. The van der Waals surface area contributed by atoms with Crippen molar-refractivity contribution in [2.75, 3.05) is 25.2 Å². The molecule has 1 saturated heterocycles. The summed E-state index contributed by atoms with van der Waals surface area (Å²) in [6.07, 6.45) is 3.53. The average molecular weight is 521 g/mol. The highest BCUT2D eigenvalue weighted by Gasteiger charge is 2.54. The Bertz CT molecular complexity index is 1210. The number of ether oxygens (including phenoxy) is 1. The number of carbonyl (C=O) groups is 3. The lowest BCUT2D eigenvalue weighted by Crippen LogP contribution is -2.71. The lowest BCUT2D eigenvalue weighted by Gasteiger charge is -2.49. The molecular weight excluding hydrogens is 498 g/mol. The first kappa shape index (κ1) is 24.4. The minimum absolute atomic E-state index is 0.0247. The molecule has 0 aromatic carbocycles. The van der Waals surface area contributed by atoms with Gasteiger partial charge >= 0.3 is 5.97 Å². The van der Waals surface area contributed by atoms with Crippen LogP contribution in [0.15, 0.2) is 41.0 Å². The summed E-state index contributed by atoms with van der Waals surface area (Å²) in [4.78, 5) is 48.1. The third-order valence-corrected chi connectivity index (χ3v) is 7.04. The number of carbonyl (C=O) groups excluding carboxylic acids is 2. The highest BCUT2D eigenvalue weighted by Crippen LogP contribution is 2.40. The maximum absolute atomic E-state index is 13.0. The van der Waals surface area contributed by atoms with E-state index in [4.69, 9.17) is 15.3 Å². The summed E-state index contributed by atoms with van der Waals surface area (Å²) in [6, 6.07) is 2.57. The van der Waals surface area contributed by atoms with Gasteiger partial charge in [-0.3, -0.25) is 14.5 Å². The van der Waals surface area contributed by atoms with Crippen LogP contribution >= 0.6 is 23.3 Å². The molecule has 0 bridgehead atoms. The zero-order valence-electron chi connectivity index (χ0n) is 18.7. The number of anilines is 1. The van der Waals surface area contributed by atoms with E-state index < -0.39 is 29.2 Å². The van der Waals surface area contributed by atoms with Crippen molar-refractivity contribution in [3.63, 3.8) is 0 Å². The molecule has 2 aliphatic heterocycles. The Balaban J connectivity index is 1.52. The van der Waals surface area contributed by atoms with Crippen LogP contribution in [0, 0.1) is 0 Å². The molecule has 0 aliphatic carbocycles. The van der Waals surface area contributed by atoms with Crippen molar-refractivity contribution in [3.8, 4) is 5.75 Å². The number of fused-ring (bicyclic) bond motifs is 1. The van der Waals surface area contributed by atoms with E-state index in [-0.39, 0.29) is 35.5 Å². The molecule has 15 heteroatoms. The van der Waals surface area contributed by atoms with Gasteiger partial charge in [0, 0.05) is 35.0 Å². The number of amides is 2. The van der Waals surface area contributed by atoms with Crippen LogP contribution in [0.25, 0.3) is 0 Å². The van der Waals surface area contributed by atoms with Crippen molar-refractivity contribution in [2.24, 2.45) is 5.16 Å². The second-order valence-corrected chi connectivity index (χ2v) is 9.23. The predicted octanol–water partition coefficient (Wildman–Crippen LogP) is -0.404. The monoisotopic (exact) mass is 520 g/mol. The molecule has 2 aliphatic rings. The molecule has 1 fully saturated rings. The minimum atomic E-state index is -1.21. The SMILES string of the molecule is CCON=C(C(=O)NC1C(=O)N2C(C(=O)O)=C(C[n+]3ccc(OC)cc3)CS[C@H]12)c1nsc(N)n1. The number of carboxylic acid groups (broad SMARTS) is 1. The number of nitrogen functional groups attached to an aromatic ring is 1. The van der Waals surface area contributed by atoms with Crippen LogP contribution < -0.4 is 20.4 Å². The highest BCUT2D eigenvalue weighted by atomic mass is 32.2. The smallest absolute Gasteiger partial charge is 0.352 e. The van der Waals surface area contributed by atoms with Gasteiger partial charge < -0.3 is 25.7 Å². The third-order valence-electron chi connectivity index (χ3n) is 5.16. The normalized spacial score (nSPS) is 19.7. The van der Waals surface area contributed by atoms with Crippen LogP contribution in [0.4, 0.5) is 5.13 Å². The standard InChI is InChI=1S/C20H21N7O6S2/c1-3-33-24-12(15-23-20(21)35-25-15)16(28)22-13-17(29)27-14(19(30)31)10(9-34-18(13)27)8-26-6-4-11(32-2)5-7-26/h4-7,13,18H,3,8-9H2,1-2H3,(H3-,21,22,23,25,28,30,31)/p+1/t13?,18-/m1/s1. The summed E-state index contributed by atoms with van der Waals surface area (Å²) in [7, 11) is 1.56. The number of hydrogen-bond donors (Lipinski definition) is 3. The number of aliphatic carboxylic acids is 1. The Morgan fingerprint density at radius 3 is 2.74 bits per heavy atom. The van der Waals surface area contributed by atoms with Crippen LogP contribution in [0.2, 0.25) is 0 Å². The van der Waals surface area contributed by atoms with Gasteiger partial charge in [-0.1, -0.05) is 5.16 Å². The maximum atomic E-state index is 13.0. The van der Waals surface area contributed by atoms with Crippen LogP contribution in [0.1, 0.15) is 12.7 Å². The zero-order valence-corrected chi connectivity index (χ0v) is 20.3. The number of nitrogens with one attached hydrogen (secondary N) is 1. The first-order valence-electron chi connectivity index (χ1n) is 10.4. The molecule has 35 heavy (non-hydrogen) atoms. The fraction of sp³-hybridized carbons (Fsp3) is 0.350. The number of oxime groups is 1. The van der Waals surface area contributed by atoms with Gasteiger partial charge in [0.1, 0.15) is 29.5 Å². The second kappa shape index (κ2) is 10.3. The Morgan fingerprint density at radius 1 is 1.40 bits per heavy atom. The second-order valence-electron chi connectivity index (χ2n) is 7.34. The summed E-state index contributed by atoms with van der Waals surface area (Å²) >= 11 is 2.25. The number of pyridine rings is 1. The van der Waals surface area contributed by atoms with Gasteiger partial charge in [-0.25, -0.2) is 9.36 Å². The van der Waals surface area contributed by atoms with E-state index in [0.717, 1.165) is 11.5 Å². The van der Waals surface area contributed by atoms with E-state index >= 15 is 0 Å². The molecule has 4 N–H and O–H groups in total. The molecular formula is C20H22N7O6S2+. The Morgan fingerprint density at radius 2 is 2.14 bits per heavy atom. The molecule has 0 radical (unpaired) electrons. The van der Waals surface area contributed by atoms with Crippen LogP contribution in [-0.2, 0) is 25.8 Å². The van der Waals surface area contributed by atoms with E-state index in [9.17, 15) is 19.5 Å². The lowest BCUT2D eigenvalue weighted by molar-refractivity contribution is -0.689. The number of nitrogens with two attached hydrogens (primary N) is 1. The molecule has 4 rings (SSSR count). The van der Waals surface area contributed by atoms with Crippen molar-refractivity contribution in [1.29, 1.82) is 0 Å². The first-order valence-corrected chi connectivity index (χ1v) is 12.2. The number of aromatic nitrogens is 3. The quantitative estimate of drug-likeness (QED) is 0.171. The van der Waals surface area contributed by atoms with E-state index in [0.29, 0.717) is 17.1 Å². The average Bonchev–Trinajstić information content (AvgIpc) is 3.28. The van der Waals surface area contributed by atoms with Crippen LogP contribution in [-0.4, -0.2) is 73.7 Å². The van der Waals surface area contributed by atoms with Crippen molar-refractivity contribution < 1.29 is 33.6 Å². The van der Waals surface area contributed by atoms with Crippen molar-refractivity contribution in [3.05, 3.63) is 41.6 Å². The number of rotatable bonds is 9. The summed E-state index contributed by atoms with van der Waals surface area (Å²) in [6.45, 7) is 2.18. The molecule has 1 unspecified atom stereocenters. The van der Waals surface area contributed by atoms with Crippen LogP contribution in [0.3, 0.4) is 0 Å². The first-order chi connectivity index (χ1) is 16.8. The molecule has 184 valence electrons. The predicted molar refractivity (Wildman–Crippen MR) is 125 cm³/mol. The minimum Gasteiger partial charge on any atom is -0.496 e. The molecule has 0 spiro atoms. The Hall–Kier alpha value is -3.72. The molecule has 2 aromatic rings. The van der Waals surface area contributed by atoms with Gasteiger partial charge in [0.2, 0.25) is 11.5 Å². The maximum Gasteiger partial charge on any atom is 0.352 e. The van der Waals surface area contributed by atoms with Gasteiger partial charge in [-0.2, -0.15) is 9.36 Å². The largest absolute Gasteiger partial charge is 0.496 e. The molecule has 2 atom stereocenters. The fourth-order valence-corrected chi connectivity index (χ4v) is 5.33. The third kappa shape index (κ3) is 4.90. The van der Waals surface area contributed by atoms with Gasteiger partial charge in [-0.05, 0) is 6.92 Å². The number of hydrogen-bond acceptors (Lipinski definition) is 11. The molecule has 0 saturated carbocycles. The Labute approximate surface area is 207 Å². The zero-order chi connectivity index (χ0) is 25.1. The highest BCUT2D eigenvalue weighted by molar-refractivity contribution is 8.00. The summed E-state index contributed by atoms with van der Waals surface area (Å²) in [5.41, 5.74) is 5.88. The van der Waals surface area contributed by atoms with Gasteiger partial charge in [0.15, 0.2) is 24.1 Å². The van der Waals surface area contributed by atoms with Crippen molar-refractivity contribution in [1.82, 2.24) is 19.6 Å². The number of methoxy groups -OCH3 is 1. The number of thioether (sulfide) groups is 1. The number of nitrogens with zero attached hydrogens (tertiary/aromatic N) is 5. The molecule has 2 amide bonds. The summed E-state index contributed by atoms with van der Waals surface area (Å²) < 4.78 is 10.9. The number of β-lactam (4-membered cyclic amide) rings is 1. The van der Waals surface area contributed by atoms with E-state index in [1.54, 1.807) is 43.1 Å². The van der Waals surface area contributed by atoms with E-state index in [1.807, 2.05) is 0 Å². The van der Waals surface area contributed by atoms with E-state index in [2.05, 4.69) is 19.8 Å². The summed E-state index contributed by atoms with van der Waals surface area (Å²) in [5.74, 6) is -1.46. The Kier molecular flexibility index (Phi) is 7.16. The van der Waals surface area contributed by atoms with Gasteiger partial charge in [-0.15, -0.1) is 11.8 Å². The van der Waals surface area contributed by atoms with Gasteiger partial charge in [0.25, 0.3) is 11.8 Å². The van der Waals surface area contributed by atoms with E-state index in [1.165, 1.54) is 16.7 Å². The molecule has 13 nitrogen and oxygen atoms in total. The van der Waals surface area contributed by atoms with Crippen LogP contribution in [0.5, 0.6) is 5.75 Å². The topological polar surface area (TPSA) is 173 Å². The molecule has 4 heterocycles. The lowest BCUT2D eigenvalue weighted by atomic mass is 10.0. The van der Waals surface area contributed by atoms with Crippen molar-refractivity contribution >= 4 is 51.9 Å². The van der Waals surface area contributed by atoms with Gasteiger partial charge in [0.05, 0.1) is 7.11 Å². The number of carboxylic acids is 1. The fourth-order valence-electron chi connectivity index (χ4n) is 3.56. The summed E-state index contributed by atoms with van der Waals surface area (Å²) in [5, 5.41) is 15.8.